The van der Waals surface area contributed by atoms with Crippen molar-refractivity contribution in [2.45, 2.75) is 46.0 Å². The van der Waals surface area contributed by atoms with Crippen LogP contribution >= 0.6 is 0 Å². The molecule has 4 N–H and O–H groups in total. The van der Waals surface area contributed by atoms with Crippen molar-refractivity contribution in [3.05, 3.63) is 113 Å². The second-order valence-electron chi connectivity index (χ2n) is 12.7. The molecule has 5 aromatic rings. The monoisotopic (exact) mass is 700 g/mol. The fourth-order valence-electron chi connectivity index (χ4n) is 5.62. The number of carbonyl (C=O) groups excluding carboxylic acids is 3. The Balaban J connectivity index is 1.13. The maximum atomic E-state index is 13.2. The van der Waals surface area contributed by atoms with Gasteiger partial charge in [0.1, 0.15) is 11.4 Å². The van der Waals surface area contributed by atoms with E-state index < -0.39 is 0 Å². The van der Waals surface area contributed by atoms with Gasteiger partial charge in [-0.1, -0.05) is 69.2 Å². The van der Waals surface area contributed by atoms with Gasteiger partial charge in [-0.2, -0.15) is 0 Å². The highest BCUT2D eigenvalue weighted by Crippen LogP contribution is 2.19. The Kier molecular flexibility index (Phi) is 13.1. The van der Waals surface area contributed by atoms with E-state index in [-0.39, 0.29) is 17.7 Å². The molecule has 0 spiro atoms. The van der Waals surface area contributed by atoms with Gasteiger partial charge in [0.2, 0.25) is 0 Å². The topological polar surface area (TPSA) is 134 Å². The van der Waals surface area contributed by atoms with Gasteiger partial charge < -0.3 is 30.4 Å². The van der Waals surface area contributed by atoms with Crippen molar-refractivity contribution in [2.75, 3.05) is 30.3 Å². The lowest BCUT2D eigenvalue weighted by molar-refractivity contribution is 0.0945. The van der Waals surface area contributed by atoms with Crippen LogP contribution in [0.2, 0.25) is 0 Å². The van der Waals surface area contributed by atoms with E-state index in [4.69, 9.17) is 0 Å². The van der Waals surface area contributed by atoms with Gasteiger partial charge in [0.05, 0.1) is 22.7 Å². The third-order valence-corrected chi connectivity index (χ3v) is 8.56. The number of amidine groups is 1. The third kappa shape index (κ3) is 10.3. The molecule has 2 aromatic carbocycles. The number of hydrogen-bond acceptors (Lipinski definition) is 5. The van der Waals surface area contributed by atoms with E-state index in [1.165, 1.54) is 0 Å². The van der Waals surface area contributed by atoms with Gasteiger partial charge in [0.25, 0.3) is 17.7 Å². The van der Waals surface area contributed by atoms with Gasteiger partial charge in [0.15, 0.2) is 0 Å². The molecule has 0 radical (unpaired) electrons. The first-order chi connectivity index (χ1) is 25.2. The number of aliphatic imine (C=N–C) groups is 1. The van der Waals surface area contributed by atoms with E-state index in [1.54, 1.807) is 59.9 Å². The lowest BCUT2D eigenvalue weighted by atomic mass is 10.1. The zero-order valence-corrected chi connectivity index (χ0v) is 30.4. The largest absolute Gasteiger partial charge is 0.374 e. The quantitative estimate of drug-likeness (QED) is 0.0487. The minimum atomic E-state index is -0.371. The summed E-state index contributed by atoms with van der Waals surface area (Å²) >= 11 is 0. The average Bonchev–Trinajstić information content (AvgIpc) is 3.71. The molecule has 11 heteroatoms. The number of anilines is 2. The number of unbranched alkanes of at least 4 members (excludes halogenated alkanes) is 2. The molecule has 3 heterocycles. The highest BCUT2D eigenvalue weighted by molar-refractivity contribution is 6.07. The van der Waals surface area contributed by atoms with Gasteiger partial charge in [-0.25, -0.2) is 0 Å². The van der Waals surface area contributed by atoms with Crippen LogP contribution in [0.1, 0.15) is 88.4 Å². The Morgan fingerprint density at radius 1 is 0.731 bits per heavy atom. The van der Waals surface area contributed by atoms with Crippen LogP contribution in [0.5, 0.6) is 0 Å². The number of aromatic nitrogens is 3. The van der Waals surface area contributed by atoms with Gasteiger partial charge >= 0.3 is 0 Å². The smallest absolute Gasteiger partial charge is 0.272 e. The summed E-state index contributed by atoms with van der Waals surface area (Å²) in [6.45, 7) is 6.37. The molecule has 0 unspecified atom stereocenters. The first-order valence-electron chi connectivity index (χ1n) is 17.9. The van der Waals surface area contributed by atoms with Crippen LogP contribution in [0.25, 0.3) is 23.1 Å². The zero-order chi connectivity index (χ0) is 36.9. The molecule has 0 aliphatic rings. The number of hydrogen-bond donors (Lipinski definition) is 4. The van der Waals surface area contributed by atoms with Crippen molar-refractivity contribution in [3.8, 4) is 0 Å². The highest BCUT2D eigenvalue weighted by Gasteiger charge is 2.17. The van der Waals surface area contributed by atoms with E-state index in [1.807, 2.05) is 54.7 Å². The van der Waals surface area contributed by atoms with Crippen LogP contribution in [0.15, 0.2) is 90.3 Å². The van der Waals surface area contributed by atoms with Crippen molar-refractivity contribution in [3.63, 3.8) is 0 Å². The number of fused-ring (bicyclic) bond motifs is 1. The highest BCUT2D eigenvalue weighted by atomic mass is 16.2. The Labute approximate surface area is 305 Å². The van der Waals surface area contributed by atoms with Crippen LogP contribution < -0.4 is 21.3 Å². The lowest BCUT2D eigenvalue weighted by Crippen LogP contribution is -2.32. The van der Waals surface area contributed by atoms with Crippen LogP contribution in [0, 0.1) is 0 Å². The fraction of sp³-hybridized carbons (Fsp3) is 0.293. The molecular weight excluding hydrogens is 653 g/mol. The molecule has 0 fully saturated rings. The van der Waals surface area contributed by atoms with Gasteiger partial charge in [-0.05, 0) is 60.4 Å². The van der Waals surface area contributed by atoms with E-state index in [9.17, 15) is 14.4 Å². The summed E-state index contributed by atoms with van der Waals surface area (Å²) in [4.78, 5) is 48.5. The van der Waals surface area contributed by atoms with E-state index in [0.29, 0.717) is 41.3 Å². The molecular formula is C41H48N8O3. The summed E-state index contributed by atoms with van der Waals surface area (Å²) in [6, 6.07) is 20.6. The number of carbonyl (C=O) groups is 3. The molecule has 0 saturated carbocycles. The number of amides is 3. The number of nitrogens with one attached hydrogen (secondary N) is 4. The molecule has 52 heavy (non-hydrogen) atoms. The lowest BCUT2D eigenvalue weighted by Gasteiger charge is -2.11. The predicted molar refractivity (Wildman–Crippen MR) is 211 cm³/mol. The molecule has 0 bridgehead atoms. The Morgan fingerprint density at radius 2 is 1.38 bits per heavy atom. The predicted octanol–water partition coefficient (Wildman–Crippen LogP) is 7.30. The van der Waals surface area contributed by atoms with Crippen LogP contribution in [-0.2, 0) is 14.1 Å². The molecule has 5 rings (SSSR count). The zero-order valence-electron chi connectivity index (χ0n) is 30.4. The van der Waals surface area contributed by atoms with E-state index >= 15 is 0 Å². The Bertz CT molecular complexity index is 2060. The molecule has 0 aliphatic heterocycles. The standard InChI is InChI=1S/C41H48N8O3/c1-5-7-20-42-38(43-21-8-6-2)19-22-44-40(51)36-24-34(28-48(36)3)47-41(52)37-25-33(27-49(37)4)46-39(50)31-17-15-29(16-18-31)13-14-30-23-32-11-9-10-12-35(32)45-26-30/h9-18,23-28H,5-8,19-22H2,1-4H3,(H,42,43)(H,44,51)(H,46,50)(H,47,52)/b14-13+. The van der Waals surface area contributed by atoms with Crippen LogP contribution in [-0.4, -0.2) is 57.3 Å². The maximum Gasteiger partial charge on any atom is 0.272 e. The summed E-state index contributed by atoms with van der Waals surface area (Å²) in [5.41, 5.74) is 5.11. The SMILES string of the molecule is CCCCN=C(CCNC(=O)c1cc(NC(=O)c2cc(NC(=O)c3ccc(/C=C/c4cnc5ccccc5c4)cc3)cn2C)cn1C)NCCCC. The van der Waals surface area contributed by atoms with Crippen molar-refractivity contribution >= 4 is 58.0 Å². The Morgan fingerprint density at radius 3 is 2.10 bits per heavy atom. The normalized spacial score (nSPS) is 11.6. The number of para-hydroxylation sites is 1. The number of nitrogens with zero attached hydrogens (tertiary/aromatic N) is 4. The Hall–Kier alpha value is -5.97. The second kappa shape index (κ2) is 18.3. The summed E-state index contributed by atoms with van der Waals surface area (Å²) < 4.78 is 3.32. The maximum absolute atomic E-state index is 13.2. The summed E-state index contributed by atoms with van der Waals surface area (Å²) in [5.74, 6) is 0.0165. The second-order valence-corrected chi connectivity index (χ2v) is 12.7. The number of pyridine rings is 1. The van der Waals surface area contributed by atoms with E-state index in [2.05, 4.69) is 51.2 Å². The number of aryl methyl sites for hydroxylation is 2. The van der Waals surface area contributed by atoms with Crippen molar-refractivity contribution in [1.82, 2.24) is 24.8 Å². The molecule has 270 valence electrons. The molecule has 0 aliphatic carbocycles. The molecule has 0 atom stereocenters. The van der Waals surface area contributed by atoms with Crippen molar-refractivity contribution < 1.29 is 14.4 Å². The van der Waals surface area contributed by atoms with Crippen molar-refractivity contribution in [2.24, 2.45) is 19.1 Å². The minimum Gasteiger partial charge on any atom is -0.374 e. The van der Waals surface area contributed by atoms with Gasteiger partial charge in [0, 0.05) is 69.7 Å². The number of rotatable bonds is 16. The number of benzene rings is 2. The van der Waals surface area contributed by atoms with Crippen molar-refractivity contribution in [1.29, 1.82) is 0 Å². The molecule has 3 aromatic heterocycles. The summed E-state index contributed by atoms with van der Waals surface area (Å²) in [5, 5.41) is 13.2. The van der Waals surface area contributed by atoms with Gasteiger partial charge in [-0.15, -0.1) is 0 Å². The summed E-state index contributed by atoms with van der Waals surface area (Å²) in [6.07, 6.45) is 14.1. The van der Waals surface area contributed by atoms with Crippen LogP contribution in [0.4, 0.5) is 11.4 Å². The molecule has 11 nitrogen and oxygen atoms in total. The first kappa shape index (κ1) is 37.3. The fourth-order valence-corrected chi connectivity index (χ4v) is 5.62. The van der Waals surface area contributed by atoms with Gasteiger partial charge in [-0.3, -0.25) is 24.4 Å². The van der Waals surface area contributed by atoms with E-state index in [0.717, 1.165) is 66.6 Å². The first-order valence-corrected chi connectivity index (χ1v) is 17.9. The summed E-state index contributed by atoms with van der Waals surface area (Å²) in [7, 11) is 3.49. The van der Waals surface area contributed by atoms with Crippen LogP contribution in [0.3, 0.4) is 0 Å². The average molecular weight is 701 g/mol. The minimum absolute atomic E-state index is 0.236. The molecule has 3 amide bonds. The molecule has 0 saturated heterocycles. The third-order valence-electron chi connectivity index (χ3n) is 8.56.